The van der Waals surface area contributed by atoms with Crippen molar-refractivity contribution >= 4 is 27.9 Å². The van der Waals surface area contributed by atoms with Gasteiger partial charge in [-0.25, -0.2) is 9.59 Å². The number of hydrogen-bond acceptors (Lipinski definition) is 8. The van der Waals surface area contributed by atoms with E-state index >= 15 is 0 Å². The summed E-state index contributed by atoms with van der Waals surface area (Å²) in [4.78, 5) is 33.8. The average molecular weight is 390 g/mol. The number of nitrogens with zero attached hydrogens (tertiary/aromatic N) is 1. The van der Waals surface area contributed by atoms with E-state index in [1.807, 2.05) is 5.32 Å². The van der Waals surface area contributed by atoms with Crippen molar-refractivity contribution < 1.29 is 37.0 Å². The van der Waals surface area contributed by atoms with Crippen LogP contribution in [0.4, 0.5) is 10.5 Å². The molecular formula is C14H18N2O9S. The summed E-state index contributed by atoms with van der Waals surface area (Å²) in [5.41, 5.74) is -1.15. The number of nitrogens with one attached hydrogen (secondary N) is 1. The van der Waals surface area contributed by atoms with E-state index in [9.17, 15) is 28.1 Å². The van der Waals surface area contributed by atoms with Crippen molar-refractivity contribution in [1.82, 2.24) is 5.32 Å². The molecule has 144 valence electrons. The molecule has 0 saturated heterocycles. The van der Waals surface area contributed by atoms with Crippen LogP contribution in [0.5, 0.6) is 5.75 Å². The minimum absolute atomic E-state index is 0.119. The summed E-state index contributed by atoms with van der Waals surface area (Å²) in [6.45, 7) is 4.67. The number of non-ortho nitro benzene ring substituents is 1. The van der Waals surface area contributed by atoms with Gasteiger partial charge in [-0.1, -0.05) is 0 Å². The molecule has 0 aliphatic carbocycles. The standard InChI is InChI=1S/C14H18N2O9S/c1-14(2,3)25-13(18)15-11(8-26(21,22)23)12(17)24-10-6-4-9(5-7-10)16(19)20/h4-7,11H,8H2,1-3H3,(H,15,18)(H,21,22,23)/t11-/m0/s1. The fourth-order valence-electron chi connectivity index (χ4n) is 1.65. The maximum Gasteiger partial charge on any atom is 0.408 e. The van der Waals surface area contributed by atoms with Gasteiger partial charge in [0.25, 0.3) is 15.8 Å². The van der Waals surface area contributed by atoms with Gasteiger partial charge in [-0.15, -0.1) is 0 Å². The number of ether oxygens (including phenoxy) is 2. The zero-order valence-electron chi connectivity index (χ0n) is 14.2. The second-order valence-corrected chi connectivity index (χ2v) is 7.62. The van der Waals surface area contributed by atoms with E-state index in [4.69, 9.17) is 14.0 Å². The van der Waals surface area contributed by atoms with Gasteiger partial charge in [-0.2, -0.15) is 8.42 Å². The molecule has 11 nitrogen and oxygen atoms in total. The smallest absolute Gasteiger partial charge is 0.408 e. The number of carbonyl (C=O) groups is 2. The van der Waals surface area contributed by atoms with Crippen LogP contribution in [0.2, 0.25) is 0 Å². The SMILES string of the molecule is CC(C)(C)OC(=O)N[C@@H](CS(=O)(=O)O)C(=O)Oc1ccc([N+](=O)[O-])cc1. The summed E-state index contributed by atoms with van der Waals surface area (Å²) in [5, 5.41) is 12.6. The van der Waals surface area contributed by atoms with E-state index in [-0.39, 0.29) is 11.4 Å². The highest BCUT2D eigenvalue weighted by molar-refractivity contribution is 7.85. The molecule has 12 heteroatoms. The Balaban J connectivity index is 2.89. The van der Waals surface area contributed by atoms with E-state index in [0.29, 0.717) is 0 Å². The lowest BCUT2D eigenvalue weighted by Gasteiger charge is -2.22. The van der Waals surface area contributed by atoms with Crippen LogP contribution in [0.15, 0.2) is 24.3 Å². The van der Waals surface area contributed by atoms with Crippen molar-refractivity contribution in [2.75, 3.05) is 5.75 Å². The molecule has 0 aromatic heterocycles. The van der Waals surface area contributed by atoms with Gasteiger partial charge in [0.15, 0.2) is 0 Å². The summed E-state index contributed by atoms with van der Waals surface area (Å²) in [7, 11) is -4.63. The Hall–Kier alpha value is -2.73. The van der Waals surface area contributed by atoms with E-state index in [1.165, 1.54) is 0 Å². The quantitative estimate of drug-likeness (QED) is 0.239. The predicted octanol–water partition coefficient (Wildman–Crippen LogP) is 1.28. The zero-order chi connectivity index (χ0) is 20.1. The van der Waals surface area contributed by atoms with Crippen LogP contribution in [0.1, 0.15) is 20.8 Å². The highest BCUT2D eigenvalue weighted by Gasteiger charge is 2.30. The molecule has 0 radical (unpaired) electrons. The highest BCUT2D eigenvalue weighted by atomic mass is 32.2. The summed E-state index contributed by atoms with van der Waals surface area (Å²) in [6.07, 6.45) is -1.09. The molecule has 0 spiro atoms. The molecule has 0 unspecified atom stereocenters. The van der Waals surface area contributed by atoms with Crippen LogP contribution in [0.25, 0.3) is 0 Å². The molecule has 1 amide bonds. The number of benzene rings is 1. The summed E-state index contributed by atoms with van der Waals surface area (Å²) in [6, 6.07) is 2.63. The first kappa shape index (κ1) is 21.3. The van der Waals surface area contributed by atoms with Crippen molar-refractivity contribution in [3.63, 3.8) is 0 Å². The molecule has 0 aliphatic rings. The van der Waals surface area contributed by atoms with Crippen LogP contribution >= 0.6 is 0 Å². The van der Waals surface area contributed by atoms with E-state index in [1.54, 1.807) is 20.8 Å². The Labute approximate surface area is 149 Å². The first-order valence-corrected chi connectivity index (χ1v) is 8.78. The first-order valence-electron chi connectivity index (χ1n) is 7.18. The van der Waals surface area contributed by atoms with Crippen LogP contribution in [0.3, 0.4) is 0 Å². The molecule has 0 heterocycles. The zero-order valence-corrected chi connectivity index (χ0v) is 15.0. The summed E-state index contributed by atoms with van der Waals surface area (Å²) in [5.74, 6) is -2.47. The number of nitro groups is 1. The van der Waals surface area contributed by atoms with Crippen molar-refractivity contribution in [3.8, 4) is 5.75 Å². The molecule has 0 saturated carbocycles. The van der Waals surface area contributed by atoms with E-state index in [2.05, 4.69) is 0 Å². The number of esters is 1. The van der Waals surface area contributed by atoms with Crippen LogP contribution < -0.4 is 10.1 Å². The minimum atomic E-state index is -4.63. The Kier molecular flexibility index (Phi) is 6.64. The van der Waals surface area contributed by atoms with Crippen molar-refractivity contribution in [2.45, 2.75) is 32.4 Å². The first-order chi connectivity index (χ1) is 11.8. The molecule has 0 fully saturated rings. The lowest BCUT2D eigenvalue weighted by atomic mass is 10.2. The van der Waals surface area contributed by atoms with Crippen LogP contribution in [-0.4, -0.2) is 47.4 Å². The maximum atomic E-state index is 12.1. The minimum Gasteiger partial charge on any atom is -0.444 e. The van der Waals surface area contributed by atoms with Gasteiger partial charge in [0.2, 0.25) is 0 Å². The number of alkyl carbamates (subject to hydrolysis) is 1. The van der Waals surface area contributed by atoms with Gasteiger partial charge in [0.1, 0.15) is 23.1 Å². The Morgan fingerprint density at radius 1 is 1.27 bits per heavy atom. The molecule has 0 bridgehead atoms. The Bertz CT molecular complexity index is 782. The monoisotopic (exact) mass is 390 g/mol. The second kappa shape index (κ2) is 8.10. The lowest BCUT2D eigenvalue weighted by Crippen LogP contribution is -2.48. The third-order valence-electron chi connectivity index (χ3n) is 2.62. The highest BCUT2D eigenvalue weighted by Crippen LogP contribution is 2.18. The maximum absolute atomic E-state index is 12.1. The van der Waals surface area contributed by atoms with Gasteiger partial charge < -0.3 is 14.8 Å². The normalized spacial score (nSPS) is 12.8. The Morgan fingerprint density at radius 2 is 1.81 bits per heavy atom. The van der Waals surface area contributed by atoms with Gasteiger partial charge in [0.05, 0.1) is 4.92 Å². The molecule has 1 aromatic rings. The average Bonchev–Trinajstić information content (AvgIpc) is 2.43. The molecule has 2 N–H and O–H groups in total. The number of rotatable bonds is 6. The Morgan fingerprint density at radius 3 is 2.23 bits per heavy atom. The molecular weight excluding hydrogens is 372 g/mol. The van der Waals surface area contributed by atoms with Crippen molar-refractivity contribution in [2.24, 2.45) is 0 Å². The largest absolute Gasteiger partial charge is 0.444 e. The third kappa shape index (κ3) is 7.90. The lowest BCUT2D eigenvalue weighted by molar-refractivity contribution is -0.384. The third-order valence-corrected chi connectivity index (χ3v) is 3.37. The number of amides is 1. The topological polar surface area (TPSA) is 162 Å². The predicted molar refractivity (Wildman–Crippen MR) is 88.3 cm³/mol. The van der Waals surface area contributed by atoms with Gasteiger partial charge in [-0.05, 0) is 32.9 Å². The van der Waals surface area contributed by atoms with Crippen molar-refractivity contribution in [3.05, 3.63) is 34.4 Å². The molecule has 26 heavy (non-hydrogen) atoms. The van der Waals surface area contributed by atoms with Gasteiger partial charge in [-0.3, -0.25) is 14.7 Å². The second-order valence-electron chi connectivity index (χ2n) is 6.12. The van der Waals surface area contributed by atoms with E-state index < -0.39 is 44.5 Å². The molecule has 1 rings (SSSR count). The number of carbonyl (C=O) groups excluding carboxylic acids is 2. The van der Waals surface area contributed by atoms with Crippen LogP contribution in [-0.2, 0) is 19.6 Å². The molecule has 0 aliphatic heterocycles. The van der Waals surface area contributed by atoms with Crippen molar-refractivity contribution in [1.29, 1.82) is 0 Å². The number of nitro benzene ring substituents is 1. The van der Waals surface area contributed by atoms with Gasteiger partial charge in [0, 0.05) is 12.1 Å². The summed E-state index contributed by atoms with van der Waals surface area (Å²) < 4.78 is 40.9. The van der Waals surface area contributed by atoms with Gasteiger partial charge >= 0.3 is 12.1 Å². The number of hydrogen-bond donors (Lipinski definition) is 2. The molecule has 1 atom stereocenters. The van der Waals surface area contributed by atoms with Crippen LogP contribution in [0, 0.1) is 10.1 Å². The molecule has 1 aromatic carbocycles. The van der Waals surface area contributed by atoms with E-state index in [0.717, 1.165) is 24.3 Å². The summed E-state index contributed by atoms with van der Waals surface area (Å²) >= 11 is 0. The fraction of sp³-hybridized carbons (Fsp3) is 0.429. The fourth-order valence-corrected chi connectivity index (χ4v) is 2.29.